The molecule has 1 aromatic rings. The first-order valence-electron chi connectivity index (χ1n) is 5.71. The summed E-state index contributed by atoms with van der Waals surface area (Å²) in [6, 6.07) is 9.00. The summed E-state index contributed by atoms with van der Waals surface area (Å²) in [5.74, 6) is -1.18. The molecule has 1 aliphatic rings. The molecule has 94 valence electrons. The molecule has 1 heterocycles. The zero-order valence-corrected chi connectivity index (χ0v) is 10.1. The molecular formula is C13H18O4. The fraction of sp³-hybridized carbons (Fsp3) is 0.538. The molecule has 0 amide bonds. The van der Waals surface area contributed by atoms with Gasteiger partial charge in [-0.05, 0) is 19.4 Å². The van der Waals surface area contributed by atoms with Crippen molar-refractivity contribution in [2.45, 2.75) is 31.3 Å². The van der Waals surface area contributed by atoms with Gasteiger partial charge in [0.05, 0.1) is 13.2 Å². The topological polar surface area (TPSA) is 58.9 Å². The van der Waals surface area contributed by atoms with Crippen LogP contribution in [0.3, 0.4) is 0 Å². The van der Waals surface area contributed by atoms with Gasteiger partial charge >= 0.3 is 0 Å². The average molecular weight is 238 g/mol. The summed E-state index contributed by atoms with van der Waals surface area (Å²) in [5, 5.41) is 20.8. The Bertz CT molecular complexity index is 368. The molecule has 0 aromatic heterocycles. The van der Waals surface area contributed by atoms with Crippen LogP contribution in [-0.2, 0) is 9.47 Å². The van der Waals surface area contributed by atoms with Crippen molar-refractivity contribution in [1.82, 2.24) is 0 Å². The van der Waals surface area contributed by atoms with Gasteiger partial charge in [-0.2, -0.15) is 0 Å². The van der Waals surface area contributed by atoms with E-state index >= 15 is 0 Å². The van der Waals surface area contributed by atoms with Gasteiger partial charge in [0.2, 0.25) is 0 Å². The molecule has 1 aromatic carbocycles. The van der Waals surface area contributed by atoms with Crippen LogP contribution in [0.5, 0.6) is 0 Å². The van der Waals surface area contributed by atoms with E-state index in [9.17, 15) is 10.2 Å². The van der Waals surface area contributed by atoms with E-state index in [0.29, 0.717) is 18.8 Å². The van der Waals surface area contributed by atoms with Gasteiger partial charge in [0.1, 0.15) is 11.7 Å². The Morgan fingerprint density at radius 3 is 2.29 bits per heavy atom. The predicted octanol–water partition coefficient (Wildman–Crippen LogP) is 1.23. The van der Waals surface area contributed by atoms with E-state index in [4.69, 9.17) is 9.47 Å². The zero-order valence-electron chi connectivity index (χ0n) is 10.1. The van der Waals surface area contributed by atoms with E-state index in [1.54, 1.807) is 19.1 Å². The van der Waals surface area contributed by atoms with Crippen LogP contribution in [0.2, 0.25) is 0 Å². The number of rotatable bonds is 3. The lowest BCUT2D eigenvalue weighted by Gasteiger charge is -2.41. The highest BCUT2D eigenvalue weighted by atomic mass is 16.7. The van der Waals surface area contributed by atoms with Gasteiger partial charge in [-0.3, -0.25) is 0 Å². The number of hydrogen-bond donors (Lipinski definition) is 2. The Balaban J connectivity index is 2.26. The maximum atomic E-state index is 10.5. The van der Waals surface area contributed by atoms with Crippen LogP contribution >= 0.6 is 0 Å². The molecule has 0 saturated carbocycles. The van der Waals surface area contributed by atoms with Crippen LogP contribution in [0.15, 0.2) is 30.3 Å². The molecule has 4 nitrogen and oxygen atoms in total. The van der Waals surface area contributed by atoms with Crippen molar-refractivity contribution in [2.24, 2.45) is 0 Å². The molecule has 0 spiro atoms. The summed E-state index contributed by atoms with van der Waals surface area (Å²) >= 11 is 0. The Kier molecular flexibility index (Phi) is 3.23. The molecule has 0 radical (unpaired) electrons. The summed E-state index contributed by atoms with van der Waals surface area (Å²) in [7, 11) is 0. The highest BCUT2D eigenvalue weighted by Gasteiger charge is 2.53. The molecule has 2 N–H and O–H groups in total. The zero-order chi connectivity index (χ0) is 12.5. The molecule has 2 rings (SSSR count). The average Bonchev–Trinajstić information content (AvgIpc) is 2.78. The van der Waals surface area contributed by atoms with Crippen LogP contribution < -0.4 is 0 Å². The normalized spacial score (nSPS) is 24.2. The number of benzene rings is 1. The van der Waals surface area contributed by atoms with E-state index in [1.165, 1.54) is 6.92 Å². The Morgan fingerprint density at radius 2 is 1.76 bits per heavy atom. The molecule has 2 atom stereocenters. The summed E-state index contributed by atoms with van der Waals surface area (Å²) in [6.07, 6.45) is -1.06. The SMILES string of the molecule is CC1([C@@](C)(O)[C@H](O)c2ccccc2)OCCO1. The van der Waals surface area contributed by atoms with Gasteiger partial charge in [0, 0.05) is 0 Å². The maximum absolute atomic E-state index is 10.5. The second-order valence-corrected chi connectivity index (χ2v) is 4.60. The molecule has 4 heteroatoms. The van der Waals surface area contributed by atoms with Crippen molar-refractivity contribution in [3.8, 4) is 0 Å². The summed E-state index contributed by atoms with van der Waals surface area (Å²) in [5.41, 5.74) is -0.872. The number of aliphatic hydroxyl groups is 2. The highest BCUT2D eigenvalue weighted by molar-refractivity contribution is 5.21. The minimum Gasteiger partial charge on any atom is -0.385 e. The fourth-order valence-corrected chi connectivity index (χ4v) is 2.01. The minimum absolute atomic E-state index is 0.425. The van der Waals surface area contributed by atoms with E-state index in [1.807, 2.05) is 18.2 Å². The van der Waals surface area contributed by atoms with Crippen LogP contribution in [0.1, 0.15) is 25.5 Å². The molecule has 1 saturated heterocycles. The standard InChI is InChI=1S/C13H18O4/c1-12(15,13(2)16-8-9-17-13)11(14)10-6-4-3-5-7-10/h3-7,11,14-15H,8-9H2,1-2H3/t11-,12+/m1/s1. The molecule has 0 unspecified atom stereocenters. The van der Waals surface area contributed by atoms with Crippen LogP contribution in [0.4, 0.5) is 0 Å². The highest BCUT2D eigenvalue weighted by Crippen LogP contribution is 2.39. The molecule has 1 aliphatic heterocycles. The van der Waals surface area contributed by atoms with E-state index < -0.39 is 17.5 Å². The van der Waals surface area contributed by atoms with Crippen molar-refractivity contribution in [2.75, 3.05) is 13.2 Å². The van der Waals surface area contributed by atoms with Crippen LogP contribution in [-0.4, -0.2) is 34.8 Å². The Morgan fingerprint density at radius 1 is 1.24 bits per heavy atom. The van der Waals surface area contributed by atoms with Crippen molar-refractivity contribution >= 4 is 0 Å². The van der Waals surface area contributed by atoms with Crippen molar-refractivity contribution in [3.63, 3.8) is 0 Å². The third-order valence-corrected chi connectivity index (χ3v) is 3.41. The first-order chi connectivity index (χ1) is 7.97. The second kappa shape index (κ2) is 4.38. The van der Waals surface area contributed by atoms with Crippen molar-refractivity contribution in [1.29, 1.82) is 0 Å². The molecule has 17 heavy (non-hydrogen) atoms. The number of ether oxygens (including phenoxy) is 2. The quantitative estimate of drug-likeness (QED) is 0.831. The van der Waals surface area contributed by atoms with Gasteiger partial charge in [-0.25, -0.2) is 0 Å². The van der Waals surface area contributed by atoms with E-state index in [2.05, 4.69) is 0 Å². The summed E-state index contributed by atoms with van der Waals surface area (Å²) < 4.78 is 10.8. The lowest BCUT2D eigenvalue weighted by Crippen LogP contribution is -2.54. The van der Waals surface area contributed by atoms with E-state index in [0.717, 1.165) is 0 Å². The summed E-state index contributed by atoms with van der Waals surface area (Å²) in [6.45, 7) is 4.02. The first-order valence-corrected chi connectivity index (χ1v) is 5.71. The Hall–Kier alpha value is -0.940. The fourth-order valence-electron chi connectivity index (χ4n) is 2.01. The van der Waals surface area contributed by atoms with Crippen molar-refractivity contribution in [3.05, 3.63) is 35.9 Å². The molecule has 0 aliphatic carbocycles. The van der Waals surface area contributed by atoms with Gasteiger partial charge in [0.25, 0.3) is 0 Å². The summed E-state index contributed by atoms with van der Waals surface area (Å²) in [4.78, 5) is 0. The largest absolute Gasteiger partial charge is 0.385 e. The van der Waals surface area contributed by atoms with E-state index in [-0.39, 0.29) is 0 Å². The van der Waals surface area contributed by atoms with Crippen LogP contribution in [0, 0.1) is 0 Å². The maximum Gasteiger partial charge on any atom is 0.197 e. The molecular weight excluding hydrogens is 220 g/mol. The first kappa shape index (κ1) is 12.5. The van der Waals surface area contributed by atoms with Gasteiger partial charge in [-0.1, -0.05) is 30.3 Å². The van der Waals surface area contributed by atoms with Gasteiger partial charge in [-0.15, -0.1) is 0 Å². The predicted molar refractivity (Wildman–Crippen MR) is 62.3 cm³/mol. The lowest BCUT2D eigenvalue weighted by atomic mass is 9.86. The van der Waals surface area contributed by atoms with Gasteiger partial charge < -0.3 is 19.7 Å². The smallest absolute Gasteiger partial charge is 0.197 e. The molecule has 1 fully saturated rings. The number of aliphatic hydroxyl groups excluding tert-OH is 1. The van der Waals surface area contributed by atoms with Crippen molar-refractivity contribution < 1.29 is 19.7 Å². The third-order valence-electron chi connectivity index (χ3n) is 3.41. The second-order valence-electron chi connectivity index (χ2n) is 4.60. The van der Waals surface area contributed by atoms with Crippen LogP contribution in [0.25, 0.3) is 0 Å². The molecule has 0 bridgehead atoms. The third kappa shape index (κ3) is 2.09. The lowest BCUT2D eigenvalue weighted by molar-refractivity contribution is -0.281. The minimum atomic E-state index is -1.51. The van der Waals surface area contributed by atoms with Gasteiger partial charge in [0.15, 0.2) is 5.79 Å². The Labute approximate surface area is 101 Å². The number of hydrogen-bond acceptors (Lipinski definition) is 4. The monoisotopic (exact) mass is 238 g/mol.